The molecule has 3 nitrogen and oxygen atoms in total. The molecule has 1 fully saturated rings. The molecule has 1 unspecified atom stereocenters. The van der Waals surface area contributed by atoms with E-state index in [1.54, 1.807) is 0 Å². The first-order chi connectivity index (χ1) is 7.55. The predicted octanol–water partition coefficient (Wildman–Crippen LogP) is 2.22. The summed E-state index contributed by atoms with van der Waals surface area (Å²) < 4.78 is 5.96. The summed E-state index contributed by atoms with van der Waals surface area (Å²) in [6.45, 7) is 9.83. The number of nitrogens with one attached hydrogen (secondary N) is 1. The molecule has 0 aliphatic carbocycles. The summed E-state index contributed by atoms with van der Waals surface area (Å²) in [5.41, 5.74) is 0.208. The van der Waals surface area contributed by atoms with Crippen molar-refractivity contribution < 1.29 is 4.74 Å². The van der Waals surface area contributed by atoms with Gasteiger partial charge in [0.1, 0.15) is 6.10 Å². The molecule has 0 spiro atoms. The van der Waals surface area contributed by atoms with Crippen molar-refractivity contribution in [1.82, 2.24) is 5.32 Å². The zero-order valence-electron chi connectivity index (χ0n) is 10.8. The van der Waals surface area contributed by atoms with Gasteiger partial charge >= 0.3 is 0 Å². The molecule has 0 amide bonds. The van der Waals surface area contributed by atoms with Gasteiger partial charge in [0.05, 0.1) is 6.54 Å². The Balaban J connectivity index is 1.80. The van der Waals surface area contributed by atoms with Gasteiger partial charge in [0.15, 0.2) is 5.90 Å². The molecule has 2 aliphatic rings. The van der Waals surface area contributed by atoms with E-state index in [2.05, 4.69) is 31.1 Å². The number of piperidine rings is 1. The summed E-state index contributed by atoms with van der Waals surface area (Å²) >= 11 is 0. The lowest BCUT2D eigenvalue weighted by atomic mass is 9.89. The molecule has 1 atom stereocenters. The molecule has 2 heterocycles. The number of hydrogen-bond donors (Lipinski definition) is 1. The van der Waals surface area contributed by atoms with Crippen LogP contribution in [-0.4, -0.2) is 31.6 Å². The van der Waals surface area contributed by atoms with Crippen molar-refractivity contribution in [2.45, 2.75) is 46.1 Å². The van der Waals surface area contributed by atoms with Crippen LogP contribution in [0.2, 0.25) is 0 Å². The zero-order valence-corrected chi connectivity index (χ0v) is 10.8. The van der Waals surface area contributed by atoms with Crippen LogP contribution in [0.5, 0.6) is 0 Å². The average Bonchev–Trinajstić information content (AvgIpc) is 2.67. The van der Waals surface area contributed by atoms with Crippen molar-refractivity contribution in [3.05, 3.63) is 0 Å². The number of hydrogen-bond acceptors (Lipinski definition) is 3. The molecule has 0 aromatic heterocycles. The van der Waals surface area contributed by atoms with Gasteiger partial charge in [-0.05, 0) is 31.8 Å². The standard InChI is InChI=1S/C13H24N2O/c1-13(2,3)11-9-15-12(16-11)8-10-4-6-14-7-5-10/h10-11,14H,4-9H2,1-3H3. The Bertz CT molecular complexity index is 262. The topological polar surface area (TPSA) is 33.6 Å². The molecule has 1 N–H and O–H groups in total. The van der Waals surface area contributed by atoms with E-state index < -0.39 is 0 Å². The summed E-state index contributed by atoms with van der Waals surface area (Å²) in [7, 11) is 0. The van der Waals surface area contributed by atoms with Crippen LogP contribution in [-0.2, 0) is 4.74 Å². The van der Waals surface area contributed by atoms with Gasteiger partial charge in [-0.3, -0.25) is 4.99 Å². The van der Waals surface area contributed by atoms with Gasteiger partial charge in [-0.25, -0.2) is 0 Å². The van der Waals surface area contributed by atoms with Crippen LogP contribution in [0.25, 0.3) is 0 Å². The van der Waals surface area contributed by atoms with E-state index >= 15 is 0 Å². The van der Waals surface area contributed by atoms with E-state index in [1.807, 2.05) is 0 Å². The average molecular weight is 224 g/mol. The number of nitrogens with zero attached hydrogens (tertiary/aromatic N) is 1. The minimum Gasteiger partial charge on any atom is -0.475 e. The van der Waals surface area contributed by atoms with Gasteiger partial charge in [0.2, 0.25) is 0 Å². The van der Waals surface area contributed by atoms with Crippen molar-refractivity contribution in [1.29, 1.82) is 0 Å². The molecule has 0 saturated carbocycles. The second-order valence-electron chi connectivity index (χ2n) is 6.10. The van der Waals surface area contributed by atoms with E-state index in [9.17, 15) is 0 Å². The maximum atomic E-state index is 5.96. The Labute approximate surface area is 98.7 Å². The van der Waals surface area contributed by atoms with E-state index in [1.165, 1.54) is 12.8 Å². The third-order valence-electron chi connectivity index (χ3n) is 3.60. The fraction of sp³-hybridized carbons (Fsp3) is 0.923. The Morgan fingerprint density at radius 2 is 2.00 bits per heavy atom. The van der Waals surface area contributed by atoms with Gasteiger partial charge in [-0.1, -0.05) is 20.8 Å². The predicted molar refractivity (Wildman–Crippen MR) is 66.8 cm³/mol. The highest BCUT2D eigenvalue weighted by Gasteiger charge is 2.32. The van der Waals surface area contributed by atoms with Gasteiger partial charge in [0, 0.05) is 11.8 Å². The van der Waals surface area contributed by atoms with E-state index in [0.29, 0.717) is 0 Å². The highest BCUT2D eigenvalue weighted by atomic mass is 16.5. The van der Waals surface area contributed by atoms with Crippen LogP contribution in [0.15, 0.2) is 4.99 Å². The second kappa shape index (κ2) is 4.74. The van der Waals surface area contributed by atoms with E-state index in [-0.39, 0.29) is 11.5 Å². The van der Waals surface area contributed by atoms with Crippen molar-refractivity contribution in [2.75, 3.05) is 19.6 Å². The number of aliphatic imine (C=N–C) groups is 1. The summed E-state index contributed by atoms with van der Waals surface area (Å²) in [6.07, 6.45) is 3.86. The summed E-state index contributed by atoms with van der Waals surface area (Å²) in [6, 6.07) is 0. The third-order valence-corrected chi connectivity index (χ3v) is 3.60. The summed E-state index contributed by atoms with van der Waals surface area (Å²) in [4.78, 5) is 4.55. The van der Waals surface area contributed by atoms with Crippen LogP contribution >= 0.6 is 0 Å². The maximum Gasteiger partial charge on any atom is 0.184 e. The Morgan fingerprint density at radius 3 is 2.56 bits per heavy atom. The van der Waals surface area contributed by atoms with Crippen molar-refractivity contribution in [2.24, 2.45) is 16.3 Å². The Kier molecular flexibility index (Phi) is 3.53. The third kappa shape index (κ3) is 2.97. The molecular weight excluding hydrogens is 200 g/mol. The Hall–Kier alpha value is -0.570. The minimum absolute atomic E-state index is 0.208. The zero-order chi connectivity index (χ0) is 11.6. The van der Waals surface area contributed by atoms with Crippen LogP contribution < -0.4 is 5.32 Å². The quantitative estimate of drug-likeness (QED) is 0.780. The van der Waals surface area contributed by atoms with Gasteiger partial charge in [-0.2, -0.15) is 0 Å². The van der Waals surface area contributed by atoms with Gasteiger partial charge in [0.25, 0.3) is 0 Å². The molecule has 0 bridgehead atoms. The molecule has 3 heteroatoms. The first-order valence-corrected chi connectivity index (χ1v) is 6.46. The van der Waals surface area contributed by atoms with Crippen LogP contribution in [0, 0.1) is 11.3 Å². The molecule has 1 saturated heterocycles. The highest BCUT2D eigenvalue weighted by Crippen LogP contribution is 2.28. The largest absolute Gasteiger partial charge is 0.475 e. The monoisotopic (exact) mass is 224 g/mol. The fourth-order valence-corrected chi connectivity index (χ4v) is 2.32. The highest BCUT2D eigenvalue weighted by molar-refractivity contribution is 5.78. The number of ether oxygens (including phenoxy) is 1. The fourth-order valence-electron chi connectivity index (χ4n) is 2.32. The SMILES string of the molecule is CC(C)(C)C1CN=C(CC2CCNCC2)O1. The molecule has 0 aromatic carbocycles. The first kappa shape index (κ1) is 11.9. The van der Waals surface area contributed by atoms with Gasteiger partial charge in [-0.15, -0.1) is 0 Å². The van der Waals surface area contributed by atoms with Crippen molar-refractivity contribution in [3.63, 3.8) is 0 Å². The van der Waals surface area contributed by atoms with Crippen LogP contribution in [0.4, 0.5) is 0 Å². The molecule has 0 radical (unpaired) electrons. The van der Waals surface area contributed by atoms with Gasteiger partial charge < -0.3 is 10.1 Å². The molecule has 0 aromatic rings. The van der Waals surface area contributed by atoms with Crippen LogP contribution in [0.3, 0.4) is 0 Å². The lowest BCUT2D eigenvalue weighted by molar-refractivity contribution is 0.0980. The molecule has 16 heavy (non-hydrogen) atoms. The van der Waals surface area contributed by atoms with Crippen molar-refractivity contribution in [3.8, 4) is 0 Å². The number of rotatable bonds is 2. The summed E-state index contributed by atoms with van der Waals surface area (Å²) in [5.74, 6) is 1.78. The van der Waals surface area contributed by atoms with E-state index in [4.69, 9.17) is 4.74 Å². The molecule has 92 valence electrons. The first-order valence-electron chi connectivity index (χ1n) is 6.46. The van der Waals surface area contributed by atoms with E-state index in [0.717, 1.165) is 37.9 Å². The van der Waals surface area contributed by atoms with Crippen molar-refractivity contribution >= 4 is 5.90 Å². The van der Waals surface area contributed by atoms with Crippen LogP contribution in [0.1, 0.15) is 40.0 Å². The Morgan fingerprint density at radius 1 is 1.31 bits per heavy atom. The summed E-state index contributed by atoms with van der Waals surface area (Å²) in [5, 5.41) is 3.39. The second-order valence-corrected chi connectivity index (χ2v) is 6.10. The molecular formula is C13H24N2O. The molecule has 2 aliphatic heterocycles. The normalized spacial score (nSPS) is 27.7. The maximum absolute atomic E-state index is 5.96. The lowest BCUT2D eigenvalue weighted by Gasteiger charge is -2.27. The smallest absolute Gasteiger partial charge is 0.184 e. The minimum atomic E-state index is 0.208. The molecule has 2 rings (SSSR count). The lowest BCUT2D eigenvalue weighted by Crippen LogP contribution is -2.31.